The van der Waals surface area contributed by atoms with Crippen LogP contribution in [0.3, 0.4) is 0 Å². The maximum absolute atomic E-state index is 13.2. The van der Waals surface area contributed by atoms with E-state index in [2.05, 4.69) is 9.11 Å². The van der Waals surface area contributed by atoms with E-state index in [4.69, 9.17) is 4.74 Å². The Morgan fingerprint density at radius 1 is 1.11 bits per heavy atom. The molecule has 8 nitrogen and oxygen atoms in total. The minimum Gasteiger partial charge on any atom is -0.481 e. The number of carbonyl (C=O) groups is 1. The molecule has 35 heavy (non-hydrogen) atoms. The van der Waals surface area contributed by atoms with Gasteiger partial charge in [0.1, 0.15) is 11.4 Å². The minimum atomic E-state index is -4.85. The van der Waals surface area contributed by atoms with Gasteiger partial charge in [-0.2, -0.15) is 17.5 Å². The standard InChI is InChI=1S/C23H18F3N3O5S/c1-12-4-6-14(16(8-12)34-11-20(31)33-3)21-15-9-13(5-7-17(15)35-27-21)29-19(30)10-18(23(24,25)26)28(2)22(29)32/h4-10H,11H2,1-3H3. The Balaban J connectivity index is 1.87. The summed E-state index contributed by atoms with van der Waals surface area (Å²) < 4.78 is 56.1. The first-order chi connectivity index (χ1) is 16.5. The monoisotopic (exact) mass is 505 g/mol. The molecular formula is C23H18F3N3O5S. The number of halogens is 3. The molecule has 4 aromatic rings. The fourth-order valence-corrected chi connectivity index (χ4v) is 4.30. The van der Waals surface area contributed by atoms with Crippen LogP contribution in [-0.2, 0) is 22.8 Å². The third kappa shape index (κ3) is 4.56. The molecule has 0 radical (unpaired) electrons. The number of aryl methyl sites for hydroxylation is 1. The number of carbonyl (C=O) groups excluding carboxylic acids is 1. The van der Waals surface area contributed by atoms with Gasteiger partial charge < -0.3 is 9.47 Å². The van der Waals surface area contributed by atoms with Gasteiger partial charge in [-0.1, -0.05) is 6.07 Å². The van der Waals surface area contributed by atoms with Crippen molar-refractivity contribution in [1.29, 1.82) is 0 Å². The largest absolute Gasteiger partial charge is 0.481 e. The van der Waals surface area contributed by atoms with Crippen molar-refractivity contribution >= 4 is 27.6 Å². The number of rotatable bonds is 5. The molecule has 0 saturated carbocycles. The minimum absolute atomic E-state index is 0.0856. The quantitative estimate of drug-likeness (QED) is 0.384. The normalized spacial score (nSPS) is 11.6. The number of aromatic nitrogens is 3. The number of ether oxygens (including phenoxy) is 2. The van der Waals surface area contributed by atoms with Crippen molar-refractivity contribution in [3.63, 3.8) is 0 Å². The van der Waals surface area contributed by atoms with Gasteiger partial charge in [0.2, 0.25) is 0 Å². The highest BCUT2D eigenvalue weighted by Crippen LogP contribution is 2.37. The number of alkyl halides is 3. The lowest BCUT2D eigenvalue weighted by atomic mass is 10.0. The van der Waals surface area contributed by atoms with Gasteiger partial charge in [-0.25, -0.2) is 14.2 Å². The summed E-state index contributed by atoms with van der Waals surface area (Å²) in [6, 6.07) is 10.3. The molecule has 0 bridgehead atoms. The van der Waals surface area contributed by atoms with Crippen molar-refractivity contribution in [3.05, 3.63) is 74.6 Å². The van der Waals surface area contributed by atoms with Crippen LogP contribution in [-0.4, -0.2) is 33.2 Å². The molecule has 0 saturated heterocycles. The molecule has 182 valence electrons. The highest BCUT2D eigenvalue weighted by molar-refractivity contribution is 7.13. The zero-order valence-corrected chi connectivity index (χ0v) is 19.5. The Morgan fingerprint density at radius 3 is 2.54 bits per heavy atom. The van der Waals surface area contributed by atoms with E-state index in [1.807, 2.05) is 13.0 Å². The highest BCUT2D eigenvalue weighted by Gasteiger charge is 2.35. The molecule has 0 unspecified atom stereocenters. The van der Waals surface area contributed by atoms with Crippen LogP contribution >= 0.6 is 11.5 Å². The second kappa shape index (κ2) is 9.02. The van der Waals surface area contributed by atoms with E-state index in [9.17, 15) is 27.6 Å². The first-order valence-electron chi connectivity index (χ1n) is 10.1. The van der Waals surface area contributed by atoms with Crippen LogP contribution in [0.4, 0.5) is 13.2 Å². The van der Waals surface area contributed by atoms with E-state index in [0.29, 0.717) is 42.3 Å². The number of methoxy groups -OCH3 is 1. The summed E-state index contributed by atoms with van der Waals surface area (Å²) in [5, 5.41) is 0.549. The molecule has 0 aliphatic carbocycles. The number of fused-ring (bicyclic) bond motifs is 1. The van der Waals surface area contributed by atoms with Crippen molar-refractivity contribution in [3.8, 4) is 22.7 Å². The Morgan fingerprint density at radius 2 is 1.86 bits per heavy atom. The van der Waals surface area contributed by atoms with E-state index in [1.165, 1.54) is 19.2 Å². The maximum Gasteiger partial charge on any atom is 0.431 e. The van der Waals surface area contributed by atoms with Crippen LogP contribution in [0, 0.1) is 6.92 Å². The molecule has 2 aromatic heterocycles. The summed E-state index contributed by atoms with van der Waals surface area (Å²) >= 11 is 1.16. The summed E-state index contributed by atoms with van der Waals surface area (Å²) in [6.45, 7) is 1.52. The molecule has 0 fully saturated rings. The van der Waals surface area contributed by atoms with Crippen molar-refractivity contribution in [2.75, 3.05) is 13.7 Å². The summed E-state index contributed by atoms with van der Waals surface area (Å²) in [4.78, 5) is 36.8. The number of esters is 1. The highest BCUT2D eigenvalue weighted by atomic mass is 32.1. The molecule has 2 aromatic carbocycles. The first-order valence-corrected chi connectivity index (χ1v) is 10.9. The average Bonchev–Trinajstić information content (AvgIpc) is 3.22. The third-order valence-corrected chi connectivity index (χ3v) is 6.11. The summed E-state index contributed by atoms with van der Waals surface area (Å²) in [5.41, 5.74) is -1.61. The van der Waals surface area contributed by atoms with Crippen LogP contribution < -0.4 is 16.0 Å². The molecule has 0 amide bonds. The molecule has 0 spiro atoms. The predicted octanol–water partition coefficient (Wildman–Crippen LogP) is 3.69. The lowest BCUT2D eigenvalue weighted by Gasteiger charge is -2.14. The number of benzene rings is 2. The van der Waals surface area contributed by atoms with Crippen molar-refractivity contribution < 1.29 is 27.4 Å². The van der Waals surface area contributed by atoms with Crippen molar-refractivity contribution in [2.45, 2.75) is 13.1 Å². The van der Waals surface area contributed by atoms with E-state index in [-0.39, 0.29) is 12.3 Å². The fraction of sp³-hybridized carbons (Fsp3) is 0.217. The molecule has 0 aliphatic rings. The second-order valence-corrected chi connectivity index (χ2v) is 8.42. The Hall–Kier alpha value is -3.93. The first kappa shape index (κ1) is 24.2. The number of hydrogen-bond acceptors (Lipinski definition) is 7. The van der Waals surface area contributed by atoms with Gasteiger partial charge in [-0.05, 0) is 54.4 Å². The zero-order valence-electron chi connectivity index (χ0n) is 18.7. The van der Waals surface area contributed by atoms with Crippen LogP contribution in [0.25, 0.3) is 27.0 Å². The smallest absolute Gasteiger partial charge is 0.431 e. The molecule has 2 heterocycles. The Labute approximate surface area is 199 Å². The van der Waals surface area contributed by atoms with E-state index in [1.54, 1.807) is 18.2 Å². The number of hydrogen-bond donors (Lipinski definition) is 0. The molecular weight excluding hydrogens is 487 g/mol. The summed E-state index contributed by atoms with van der Waals surface area (Å²) in [6.07, 6.45) is -4.85. The SMILES string of the molecule is COC(=O)COc1cc(C)ccc1-c1nsc2ccc(-n3c(=O)cc(C(F)(F)F)n(C)c3=O)cc12. The summed E-state index contributed by atoms with van der Waals surface area (Å²) in [5.74, 6) is -0.198. The molecule has 0 N–H and O–H groups in total. The van der Waals surface area contributed by atoms with Crippen LogP contribution in [0.1, 0.15) is 11.3 Å². The molecule has 12 heteroatoms. The van der Waals surface area contributed by atoms with Gasteiger partial charge >= 0.3 is 17.8 Å². The topological polar surface area (TPSA) is 92.4 Å². The van der Waals surface area contributed by atoms with Crippen molar-refractivity contribution in [1.82, 2.24) is 13.5 Å². The molecule has 0 aliphatic heterocycles. The summed E-state index contributed by atoms with van der Waals surface area (Å²) in [7, 11) is 2.19. The Kier molecular flexibility index (Phi) is 6.24. The van der Waals surface area contributed by atoms with Gasteiger partial charge in [-0.15, -0.1) is 0 Å². The van der Waals surface area contributed by atoms with Gasteiger partial charge in [0.25, 0.3) is 5.56 Å². The second-order valence-electron chi connectivity index (χ2n) is 7.62. The van der Waals surface area contributed by atoms with E-state index in [0.717, 1.165) is 24.1 Å². The van der Waals surface area contributed by atoms with E-state index < -0.39 is 29.1 Å². The average molecular weight is 505 g/mol. The fourth-order valence-electron chi connectivity index (χ4n) is 3.54. The van der Waals surface area contributed by atoms with Gasteiger partial charge in [0.15, 0.2) is 6.61 Å². The van der Waals surface area contributed by atoms with Crippen LogP contribution in [0.15, 0.2) is 52.1 Å². The van der Waals surface area contributed by atoms with Gasteiger partial charge in [0.05, 0.1) is 23.2 Å². The zero-order chi connectivity index (χ0) is 25.5. The van der Waals surface area contributed by atoms with Crippen LogP contribution in [0.2, 0.25) is 0 Å². The van der Waals surface area contributed by atoms with Crippen LogP contribution in [0.5, 0.6) is 5.75 Å². The third-order valence-electron chi connectivity index (χ3n) is 5.29. The number of nitrogens with zero attached hydrogens (tertiary/aromatic N) is 3. The molecule has 0 atom stereocenters. The van der Waals surface area contributed by atoms with Gasteiger partial charge in [0, 0.05) is 24.1 Å². The lowest BCUT2D eigenvalue weighted by Crippen LogP contribution is -2.40. The van der Waals surface area contributed by atoms with Crippen molar-refractivity contribution in [2.24, 2.45) is 7.05 Å². The predicted molar refractivity (Wildman–Crippen MR) is 123 cm³/mol. The van der Waals surface area contributed by atoms with Gasteiger partial charge in [-0.3, -0.25) is 9.36 Å². The maximum atomic E-state index is 13.2. The molecule has 4 rings (SSSR count). The van der Waals surface area contributed by atoms with E-state index >= 15 is 0 Å². The lowest BCUT2D eigenvalue weighted by molar-refractivity contribution is -0.144. The Bertz CT molecular complexity index is 1570.